The van der Waals surface area contributed by atoms with Gasteiger partial charge in [0.15, 0.2) is 0 Å². The number of nitrogens with two attached hydrogens (primary N) is 1. The highest BCUT2D eigenvalue weighted by molar-refractivity contribution is 6.71. The molecule has 5 nitrogen and oxygen atoms in total. The molecule has 6 heteroatoms. The van der Waals surface area contributed by atoms with Crippen molar-refractivity contribution in [3.05, 3.63) is 42.0 Å². The van der Waals surface area contributed by atoms with Gasteiger partial charge in [-0.05, 0) is 30.9 Å². The van der Waals surface area contributed by atoms with Gasteiger partial charge in [-0.1, -0.05) is 55.8 Å². The van der Waals surface area contributed by atoms with E-state index in [2.05, 4.69) is 48.7 Å². The fourth-order valence-corrected chi connectivity index (χ4v) is 8.97. The van der Waals surface area contributed by atoms with Gasteiger partial charge in [0.05, 0.1) is 5.54 Å². The van der Waals surface area contributed by atoms with Crippen molar-refractivity contribution in [2.24, 2.45) is 5.73 Å². The highest BCUT2D eigenvalue weighted by Gasteiger charge is 2.68. The highest BCUT2D eigenvalue weighted by Crippen LogP contribution is 2.49. The lowest BCUT2D eigenvalue weighted by Gasteiger charge is -2.58. The van der Waals surface area contributed by atoms with E-state index in [4.69, 9.17) is 19.3 Å². The van der Waals surface area contributed by atoms with Gasteiger partial charge in [0, 0.05) is 34.4 Å². The summed E-state index contributed by atoms with van der Waals surface area (Å²) in [5.74, 6) is 0. The molecule has 1 aliphatic heterocycles. The van der Waals surface area contributed by atoms with Crippen LogP contribution in [0.5, 0.6) is 0 Å². The van der Waals surface area contributed by atoms with Crippen LogP contribution in [-0.4, -0.2) is 53.7 Å². The second-order valence-electron chi connectivity index (χ2n) is 7.23. The van der Waals surface area contributed by atoms with Crippen LogP contribution in [0.2, 0.25) is 6.04 Å². The van der Waals surface area contributed by atoms with Crippen LogP contribution in [0.15, 0.2) is 36.4 Å². The quantitative estimate of drug-likeness (QED) is 0.599. The summed E-state index contributed by atoms with van der Waals surface area (Å²) in [6, 6.07) is 11.3. The Balaban J connectivity index is 2.60. The van der Waals surface area contributed by atoms with Gasteiger partial charge in [0.2, 0.25) is 0 Å². The van der Waals surface area contributed by atoms with E-state index in [9.17, 15) is 0 Å². The molecule has 0 radical (unpaired) electrons. The van der Waals surface area contributed by atoms with Crippen molar-refractivity contribution in [1.82, 2.24) is 5.32 Å². The molecule has 2 unspecified atom stereocenters. The maximum Gasteiger partial charge on any atom is 0.373 e. The van der Waals surface area contributed by atoms with Crippen LogP contribution in [0.4, 0.5) is 0 Å². The number of rotatable bonds is 10. The molecule has 27 heavy (non-hydrogen) atoms. The summed E-state index contributed by atoms with van der Waals surface area (Å²) in [6.07, 6.45) is 8.30. The van der Waals surface area contributed by atoms with Crippen LogP contribution in [0, 0.1) is 0 Å². The summed E-state index contributed by atoms with van der Waals surface area (Å²) in [6.45, 7) is 3.47. The summed E-state index contributed by atoms with van der Waals surface area (Å²) in [4.78, 5) is 0. The van der Waals surface area contributed by atoms with Crippen molar-refractivity contribution < 1.29 is 13.6 Å². The van der Waals surface area contributed by atoms with Crippen LogP contribution >= 0.6 is 0 Å². The van der Waals surface area contributed by atoms with Gasteiger partial charge in [0.1, 0.15) is 5.22 Å². The monoisotopic (exact) mass is 392 g/mol. The minimum Gasteiger partial charge on any atom is -0.396 e. The van der Waals surface area contributed by atoms with E-state index in [1.54, 1.807) is 21.3 Å². The van der Waals surface area contributed by atoms with Gasteiger partial charge in [-0.15, -0.1) is 0 Å². The number of hydrogen-bond acceptors (Lipinski definition) is 5. The van der Waals surface area contributed by atoms with E-state index in [0.717, 1.165) is 31.7 Å². The Morgan fingerprint density at radius 3 is 2.44 bits per heavy atom. The molecule has 0 saturated carbocycles. The SMILES string of the molecule is CCCC1(OC)C(C=Cc2ccccc2)(NCCN)CCC[Si]1(OC)OC. The van der Waals surface area contributed by atoms with Crippen LogP contribution < -0.4 is 11.1 Å². The average Bonchev–Trinajstić information content (AvgIpc) is 2.72. The molecule has 0 aliphatic carbocycles. The summed E-state index contributed by atoms with van der Waals surface area (Å²) < 4.78 is 18.7. The smallest absolute Gasteiger partial charge is 0.373 e. The normalized spacial score (nSPS) is 27.9. The third kappa shape index (κ3) is 4.06. The zero-order valence-electron chi connectivity index (χ0n) is 17.3. The molecule has 1 fully saturated rings. The molecule has 0 aromatic heterocycles. The third-order valence-corrected chi connectivity index (χ3v) is 10.4. The molecular weight excluding hydrogens is 356 g/mol. The Bertz CT molecular complexity index is 594. The Morgan fingerprint density at radius 2 is 1.89 bits per heavy atom. The predicted octanol–water partition coefficient (Wildman–Crippen LogP) is 3.24. The van der Waals surface area contributed by atoms with Crippen LogP contribution in [0.3, 0.4) is 0 Å². The van der Waals surface area contributed by atoms with Crippen molar-refractivity contribution in [2.75, 3.05) is 34.4 Å². The van der Waals surface area contributed by atoms with Crippen molar-refractivity contribution >= 4 is 14.6 Å². The summed E-state index contributed by atoms with van der Waals surface area (Å²) >= 11 is 0. The Labute approximate surface area is 165 Å². The molecule has 152 valence electrons. The summed E-state index contributed by atoms with van der Waals surface area (Å²) in [5, 5.41) is 3.21. The van der Waals surface area contributed by atoms with Gasteiger partial charge in [-0.3, -0.25) is 0 Å². The lowest BCUT2D eigenvalue weighted by molar-refractivity contribution is -0.0630. The molecule has 3 N–H and O–H groups in total. The van der Waals surface area contributed by atoms with E-state index in [0.29, 0.717) is 13.1 Å². The maximum atomic E-state index is 6.38. The van der Waals surface area contributed by atoms with E-state index in [1.807, 2.05) is 6.07 Å². The fraction of sp³-hybridized carbons (Fsp3) is 0.619. The largest absolute Gasteiger partial charge is 0.396 e. The van der Waals surface area contributed by atoms with Crippen LogP contribution in [0.1, 0.15) is 38.2 Å². The average molecular weight is 393 g/mol. The van der Waals surface area contributed by atoms with Crippen molar-refractivity contribution in [2.45, 2.75) is 49.4 Å². The number of benzene rings is 1. The molecule has 1 aromatic carbocycles. The number of hydrogen-bond donors (Lipinski definition) is 2. The lowest BCUT2D eigenvalue weighted by Crippen LogP contribution is -2.79. The van der Waals surface area contributed by atoms with Gasteiger partial charge in [0.25, 0.3) is 0 Å². The van der Waals surface area contributed by atoms with E-state index < -0.39 is 13.8 Å². The summed E-state index contributed by atoms with van der Waals surface area (Å²) in [7, 11) is 2.72. The van der Waals surface area contributed by atoms with Gasteiger partial charge in [-0.2, -0.15) is 0 Å². The minimum atomic E-state index is -2.63. The van der Waals surface area contributed by atoms with Gasteiger partial charge < -0.3 is 24.6 Å². The minimum absolute atomic E-state index is 0.385. The first-order valence-corrected chi connectivity index (χ1v) is 12.0. The van der Waals surface area contributed by atoms with Gasteiger partial charge in [-0.25, -0.2) is 0 Å². The van der Waals surface area contributed by atoms with Crippen molar-refractivity contribution in [1.29, 1.82) is 0 Å². The molecule has 1 aromatic rings. The molecule has 2 rings (SSSR count). The molecule has 0 amide bonds. The third-order valence-electron chi connectivity index (χ3n) is 5.97. The van der Waals surface area contributed by atoms with Gasteiger partial charge >= 0.3 is 8.56 Å². The predicted molar refractivity (Wildman–Crippen MR) is 114 cm³/mol. The van der Waals surface area contributed by atoms with Crippen molar-refractivity contribution in [3.63, 3.8) is 0 Å². The van der Waals surface area contributed by atoms with Crippen molar-refractivity contribution in [3.8, 4) is 0 Å². The summed E-state index contributed by atoms with van der Waals surface area (Å²) in [5.41, 5.74) is 6.65. The molecule has 1 aliphatic rings. The zero-order valence-corrected chi connectivity index (χ0v) is 18.3. The van der Waals surface area contributed by atoms with E-state index in [1.165, 1.54) is 5.56 Å². The highest BCUT2D eigenvalue weighted by atomic mass is 28.4. The maximum absolute atomic E-state index is 6.38. The topological polar surface area (TPSA) is 65.7 Å². The van der Waals surface area contributed by atoms with E-state index in [-0.39, 0.29) is 5.54 Å². The molecule has 0 bridgehead atoms. The first-order chi connectivity index (χ1) is 13.1. The first kappa shape index (κ1) is 22.3. The van der Waals surface area contributed by atoms with Crippen LogP contribution in [0.25, 0.3) is 6.08 Å². The Kier molecular flexibility index (Phi) is 8.21. The second-order valence-corrected chi connectivity index (χ2v) is 10.9. The van der Waals surface area contributed by atoms with Crippen LogP contribution in [-0.2, 0) is 13.6 Å². The molecule has 1 heterocycles. The Hall–Kier alpha value is -1.02. The zero-order chi connectivity index (χ0) is 19.8. The first-order valence-electron chi connectivity index (χ1n) is 9.94. The Morgan fingerprint density at radius 1 is 1.19 bits per heavy atom. The molecule has 1 saturated heterocycles. The number of ether oxygens (including phenoxy) is 1. The molecular formula is C21H36N2O3Si. The molecule has 2 atom stereocenters. The molecule has 0 spiro atoms. The second kappa shape index (κ2) is 9.96. The number of nitrogens with one attached hydrogen (secondary N) is 1. The number of methoxy groups -OCH3 is 1. The standard InChI is InChI=1S/C21H36N2O3Si/c1-5-13-21(24-2)20(23-17-16-22,14-9-18-27(21,25-3)26-4)15-12-19-10-7-6-8-11-19/h6-8,10-12,15,23H,5,9,13-14,16-18,22H2,1-4H3. The lowest BCUT2D eigenvalue weighted by atomic mass is 9.82. The van der Waals surface area contributed by atoms with E-state index >= 15 is 0 Å². The fourth-order valence-electron chi connectivity index (χ4n) is 4.77.